The van der Waals surface area contributed by atoms with E-state index in [0.717, 1.165) is 30.3 Å². The minimum atomic E-state index is 0.212. The molecule has 0 aromatic carbocycles. The Morgan fingerprint density at radius 1 is 1.19 bits per heavy atom. The van der Waals surface area contributed by atoms with E-state index < -0.39 is 0 Å². The van der Waals surface area contributed by atoms with Crippen LogP contribution in [0.15, 0.2) is 23.8 Å². The van der Waals surface area contributed by atoms with Crippen molar-refractivity contribution in [2.24, 2.45) is 34.0 Å². The van der Waals surface area contributed by atoms with Gasteiger partial charge in [-0.2, -0.15) is 0 Å². The fraction of sp³-hybridized carbons (Fsp3) is 0.792. The van der Waals surface area contributed by atoms with Crippen molar-refractivity contribution in [3.8, 4) is 0 Å². The van der Waals surface area contributed by atoms with Crippen LogP contribution in [0, 0.1) is 34.0 Å². The first-order valence-electron chi connectivity index (χ1n) is 11.0. The van der Waals surface area contributed by atoms with Crippen molar-refractivity contribution in [1.29, 1.82) is 0 Å². The second kappa shape index (κ2) is 5.34. The summed E-state index contributed by atoms with van der Waals surface area (Å²) < 4.78 is 0. The first-order chi connectivity index (χ1) is 12.4. The van der Waals surface area contributed by atoms with Crippen LogP contribution < -0.4 is 5.32 Å². The molecule has 0 unspecified atom stereocenters. The fourth-order valence-electron chi connectivity index (χ4n) is 8.67. The highest BCUT2D eigenvalue weighted by atomic mass is 16.1. The summed E-state index contributed by atoms with van der Waals surface area (Å²) in [5, 5.41) is 3.51. The molecule has 5 rings (SSSR count). The Morgan fingerprint density at radius 3 is 2.69 bits per heavy atom. The molecule has 7 atom stereocenters. The van der Waals surface area contributed by atoms with Gasteiger partial charge in [0.05, 0.1) is 0 Å². The van der Waals surface area contributed by atoms with Gasteiger partial charge in [-0.3, -0.25) is 4.79 Å². The molecular formula is C24H35NO. The maximum Gasteiger partial charge on any atom is 0.159 e. The summed E-state index contributed by atoms with van der Waals surface area (Å²) >= 11 is 0. The van der Waals surface area contributed by atoms with Gasteiger partial charge in [-0.05, 0) is 98.0 Å². The van der Waals surface area contributed by atoms with E-state index in [1.165, 1.54) is 50.5 Å². The average molecular weight is 354 g/mol. The van der Waals surface area contributed by atoms with Crippen LogP contribution in [0.5, 0.6) is 0 Å². The average Bonchev–Trinajstić information content (AvgIpc) is 3.28. The molecule has 1 N–H and O–H groups in total. The van der Waals surface area contributed by atoms with Crippen molar-refractivity contribution in [1.82, 2.24) is 5.32 Å². The number of carbonyl (C=O) groups is 1. The zero-order valence-corrected chi connectivity index (χ0v) is 16.9. The van der Waals surface area contributed by atoms with E-state index >= 15 is 0 Å². The van der Waals surface area contributed by atoms with Crippen molar-refractivity contribution in [3.63, 3.8) is 0 Å². The number of ketones is 1. The highest BCUT2D eigenvalue weighted by molar-refractivity contribution is 5.96. The highest BCUT2D eigenvalue weighted by Gasteiger charge is 2.78. The zero-order valence-electron chi connectivity index (χ0n) is 16.9. The number of nitrogens with one attached hydrogen (secondary N) is 1. The molecule has 26 heavy (non-hydrogen) atoms. The minimum absolute atomic E-state index is 0.212. The van der Waals surface area contributed by atoms with Crippen LogP contribution in [0.4, 0.5) is 0 Å². The number of fused-ring (bicyclic) bond motifs is 2. The molecule has 4 fully saturated rings. The maximum atomic E-state index is 12.8. The van der Waals surface area contributed by atoms with E-state index in [9.17, 15) is 4.79 Å². The van der Waals surface area contributed by atoms with Crippen LogP contribution in [0.1, 0.15) is 71.6 Å². The van der Waals surface area contributed by atoms with Crippen molar-refractivity contribution in [2.75, 3.05) is 7.05 Å². The molecule has 0 heterocycles. The van der Waals surface area contributed by atoms with Crippen LogP contribution in [-0.4, -0.2) is 18.9 Å². The van der Waals surface area contributed by atoms with E-state index in [2.05, 4.69) is 38.9 Å². The largest absolute Gasteiger partial charge is 0.313 e. The van der Waals surface area contributed by atoms with Crippen LogP contribution >= 0.6 is 0 Å². The van der Waals surface area contributed by atoms with Gasteiger partial charge in [0.15, 0.2) is 5.78 Å². The molecule has 142 valence electrons. The van der Waals surface area contributed by atoms with E-state index in [-0.39, 0.29) is 5.41 Å². The Balaban J connectivity index is 1.50. The molecule has 0 radical (unpaired) electrons. The monoisotopic (exact) mass is 353 g/mol. The van der Waals surface area contributed by atoms with Gasteiger partial charge in [0, 0.05) is 12.5 Å². The predicted octanol–water partition coefficient (Wildman–Crippen LogP) is 5.05. The molecule has 0 amide bonds. The topological polar surface area (TPSA) is 29.1 Å². The Morgan fingerprint density at radius 2 is 1.96 bits per heavy atom. The molecule has 0 aromatic heterocycles. The number of rotatable bonds is 2. The lowest BCUT2D eigenvalue weighted by Gasteiger charge is -2.59. The summed E-state index contributed by atoms with van der Waals surface area (Å²) in [5.41, 5.74) is 3.89. The minimum Gasteiger partial charge on any atom is -0.313 e. The van der Waals surface area contributed by atoms with Crippen molar-refractivity contribution in [3.05, 3.63) is 23.8 Å². The van der Waals surface area contributed by atoms with Gasteiger partial charge in [0.2, 0.25) is 0 Å². The van der Waals surface area contributed by atoms with Gasteiger partial charge in [0.25, 0.3) is 0 Å². The standard InChI is InChI=1S/C24H35NO/c1-5-16-12-17-8-10-24-14-23(24)11-9-19(25-4)15(2)18(23)6-7-21(24)22(17,3)13-20(16)26/h12,17-19,21,25H,2,5-11,13-14H2,1,3-4H3/t17-,18+,19+,21+,22-,23+,24+/m1/s1. The number of Topliss-reactive ketones (excluding diaryl/α,β-unsaturated/α-hetero) is 1. The molecule has 2 nitrogen and oxygen atoms in total. The molecule has 0 saturated heterocycles. The molecule has 0 aliphatic heterocycles. The predicted molar refractivity (Wildman–Crippen MR) is 106 cm³/mol. The summed E-state index contributed by atoms with van der Waals surface area (Å²) in [6.07, 6.45) is 13.5. The lowest BCUT2D eigenvalue weighted by Crippen LogP contribution is -2.53. The Labute approximate surface area is 158 Å². The number of allylic oxidation sites excluding steroid dienone is 2. The Hall–Kier alpha value is -0.890. The van der Waals surface area contributed by atoms with E-state index in [1.807, 2.05) is 0 Å². The summed E-state index contributed by atoms with van der Waals surface area (Å²) in [4.78, 5) is 12.8. The van der Waals surface area contributed by atoms with Gasteiger partial charge in [0.1, 0.15) is 0 Å². The maximum absolute atomic E-state index is 12.8. The lowest BCUT2D eigenvalue weighted by molar-refractivity contribution is -0.127. The first kappa shape index (κ1) is 17.2. The quantitative estimate of drug-likeness (QED) is 0.704. The van der Waals surface area contributed by atoms with Crippen LogP contribution in [0.3, 0.4) is 0 Å². The second-order valence-electron chi connectivity index (χ2n) is 10.4. The van der Waals surface area contributed by atoms with E-state index in [1.54, 1.807) is 0 Å². The fourth-order valence-corrected chi connectivity index (χ4v) is 8.67. The summed E-state index contributed by atoms with van der Waals surface area (Å²) in [5.74, 6) is 2.56. The SMILES string of the molecule is C=C1[C@@H](NC)CC[C@@]23C[C@]24CC[C@@H]2C=C(CC)C(=O)C[C@@]2(C)[C@@H]4CC[C@@H]13. The summed E-state index contributed by atoms with van der Waals surface area (Å²) in [6.45, 7) is 9.18. The molecule has 2 spiro atoms. The number of carbonyl (C=O) groups excluding carboxylic acids is 1. The molecule has 5 aliphatic rings. The Bertz CT molecular complexity index is 707. The third-order valence-electron chi connectivity index (χ3n) is 9.93. The Kier molecular flexibility index (Phi) is 3.54. The lowest BCUT2D eigenvalue weighted by atomic mass is 9.45. The summed E-state index contributed by atoms with van der Waals surface area (Å²) in [7, 11) is 2.10. The smallest absolute Gasteiger partial charge is 0.159 e. The van der Waals surface area contributed by atoms with Crippen molar-refractivity contribution in [2.45, 2.75) is 77.7 Å². The normalized spacial score (nSPS) is 52.3. The van der Waals surface area contributed by atoms with Crippen molar-refractivity contribution < 1.29 is 4.79 Å². The van der Waals surface area contributed by atoms with Gasteiger partial charge < -0.3 is 5.32 Å². The number of likely N-dealkylation sites (N-methyl/N-ethyl adjacent to an activating group) is 1. The van der Waals surface area contributed by atoms with Gasteiger partial charge in [-0.15, -0.1) is 0 Å². The molecule has 5 aliphatic carbocycles. The molecule has 0 bridgehead atoms. The second-order valence-corrected chi connectivity index (χ2v) is 10.4. The molecule has 0 aromatic rings. The molecule has 2 heteroatoms. The third kappa shape index (κ3) is 1.85. The van der Waals surface area contributed by atoms with E-state index in [0.29, 0.717) is 28.6 Å². The van der Waals surface area contributed by atoms with Crippen LogP contribution in [0.25, 0.3) is 0 Å². The zero-order chi connectivity index (χ0) is 18.3. The van der Waals surface area contributed by atoms with Crippen LogP contribution in [0.2, 0.25) is 0 Å². The van der Waals surface area contributed by atoms with Gasteiger partial charge in [-0.25, -0.2) is 0 Å². The molecular weight excluding hydrogens is 318 g/mol. The first-order valence-corrected chi connectivity index (χ1v) is 11.0. The highest BCUT2D eigenvalue weighted by Crippen LogP contribution is 2.85. The van der Waals surface area contributed by atoms with Gasteiger partial charge in [-0.1, -0.05) is 32.1 Å². The number of hydrogen-bond donors (Lipinski definition) is 1. The van der Waals surface area contributed by atoms with E-state index in [4.69, 9.17) is 0 Å². The van der Waals surface area contributed by atoms with Gasteiger partial charge >= 0.3 is 0 Å². The number of hydrogen-bond acceptors (Lipinski definition) is 2. The third-order valence-corrected chi connectivity index (χ3v) is 9.93. The molecule has 4 saturated carbocycles. The van der Waals surface area contributed by atoms with Crippen LogP contribution in [-0.2, 0) is 4.79 Å². The summed E-state index contributed by atoms with van der Waals surface area (Å²) in [6, 6.07) is 0.526. The van der Waals surface area contributed by atoms with Crippen molar-refractivity contribution >= 4 is 5.78 Å².